The Hall–Kier alpha value is -2.01. The van der Waals surface area contributed by atoms with Crippen LogP contribution in [0.3, 0.4) is 0 Å². The quantitative estimate of drug-likeness (QED) is 0.131. The van der Waals surface area contributed by atoms with E-state index < -0.39 is 66.7 Å². The smallest absolute Gasteiger partial charge is 0.337 e. The fourth-order valence-corrected chi connectivity index (χ4v) is 12.0. The van der Waals surface area contributed by atoms with Crippen LogP contribution in [0.2, 0.25) is 0 Å². The van der Waals surface area contributed by atoms with Crippen LogP contribution in [0.15, 0.2) is 11.3 Å². The fourth-order valence-electron chi connectivity index (χ4n) is 12.0. The standard InChI is InChI=1S/C41H64O14/c1-8-22(18(2)3)25(42)15-19(4)27-30(45)31(46)28-23-10-9-20-16-21(11-13-40(20,5)24(23)12-14-41(27,28)6)53-39-34(49)35(33(48)36(55-39)37(50)51-7)54-38-32(47)29(44)26(43)17-52-38/h18-24,26,28-29,32-36,38-39,43-45,47-49H,8-17H2,1-7H3/t19-,20+,21+,22-,23-,24+,26-,28+,29+,32-,33+,34-,35+,36+,38+,39-,40+,41-/m1/s1. The maximum Gasteiger partial charge on any atom is 0.337 e. The van der Waals surface area contributed by atoms with Gasteiger partial charge < -0.3 is 54.3 Å². The van der Waals surface area contributed by atoms with Gasteiger partial charge in [0.15, 0.2) is 24.4 Å². The number of allylic oxidation sites excluding steroid dienone is 2. The van der Waals surface area contributed by atoms with Crippen LogP contribution in [0, 0.1) is 52.3 Å². The topological polar surface area (TPSA) is 219 Å². The van der Waals surface area contributed by atoms with Crippen molar-refractivity contribution in [3.8, 4) is 0 Å². The number of fused-ring (bicyclic) bond motifs is 5. The first-order valence-corrected chi connectivity index (χ1v) is 20.5. The molecule has 0 bridgehead atoms. The summed E-state index contributed by atoms with van der Waals surface area (Å²) in [6, 6.07) is 0. The van der Waals surface area contributed by atoms with Gasteiger partial charge in [0.05, 0.1) is 19.8 Å². The van der Waals surface area contributed by atoms with Crippen molar-refractivity contribution >= 4 is 17.5 Å². The lowest BCUT2D eigenvalue weighted by atomic mass is 9.44. The summed E-state index contributed by atoms with van der Waals surface area (Å²) in [6.45, 7) is 12.2. The van der Waals surface area contributed by atoms with E-state index >= 15 is 0 Å². The summed E-state index contributed by atoms with van der Waals surface area (Å²) in [5.74, 6) is -0.861. The Balaban J connectivity index is 1.14. The summed E-state index contributed by atoms with van der Waals surface area (Å²) in [5.41, 5.74) is 0.146. The van der Waals surface area contributed by atoms with E-state index in [-0.39, 0.29) is 76.9 Å². The molecule has 2 heterocycles. The zero-order valence-corrected chi connectivity index (χ0v) is 33.3. The van der Waals surface area contributed by atoms with Crippen LogP contribution in [0.5, 0.6) is 0 Å². The van der Waals surface area contributed by atoms with Crippen LogP contribution in [0.1, 0.15) is 99.3 Å². The van der Waals surface area contributed by atoms with Crippen molar-refractivity contribution in [2.24, 2.45) is 52.3 Å². The lowest BCUT2D eigenvalue weighted by molar-refractivity contribution is -0.351. The molecule has 2 saturated heterocycles. The van der Waals surface area contributed by atoms with Gasteiger partial charge in [-0.25, -0.2) is 4.79 Å². The van der Waals surface area contributed by atoms with Gasteiger partial charge >= 0.3 is 5.97 Å². The van der Waals surface area contributed by atoms with E-state index in [0.717, 1.165) is 51.2 Å². The summed E-state index contributed by atoms with van der Waals surface area (Å²) < 4.78 is 28.1. The number of methoxy groups -OCH3 is 1. The molecular weight excluding hydrogens is 716 g/mol. The van der Waals surface area contributed by atoms with Gasteiger partial charge in [0.1, 0.15) is 42.4 Å². The molecule has 0 aromatic heterocycles. The number of hydrogen-bond donors (Lipinski definition) is 6. The first kappa shape index (κ1) is 42.6. The molecule has 3 saturated carbocycles. The number of esters is 1. The second kappa shape index (κ2) is 16.3. The summed E-state index contributed by atoms with van der Waals surface area (Å²) in [6.07, 6.45) is -8.12. The lowest BCUT2D eigenvalue weighted by Gasteiger charge is -2.60. The van der Waals surface area contributed by atoms with Crippen molar-refractivity contribution in [2.45, 2.75) is 161 Å². The number of aliphatic hydroxyl groups excluding tert-OH is 6. The van der Waals surface area contributed by atoms with E-state index in [9.17, 15) is 45.0 Å². The maximum absolute atomic E-state index is 14.0. The first-order chi connectivity index (χ1) is 25.9. The number of carbonyl (C=O) groups is 3. The molecule has 0 radical (unpaired) electrons. The molecule has 0 spiro atoms. The second-order valence-electron chi connectivity index (χ2n) is 18.3. The van der Waals surface area contributed by atoms with Crippen molar-refractivity contribution in [1.82, 2.24) is 0 Å². The molecule has 0 unspecified atom stereocenters. The number of hydrogen-bond acceptors (Lipinski definition) is 14. The molecule has 6 rings (SSSR count). The number of rotatable bonds is 11. The molecule has 55 heavy (non-hydrogen) atoms. The predicted molar refractivity (Wildman–Crippen MR) is 195 cm³/mol. The van der Waals surface area contributed by atoms with E-state index in [1.807, 2.05) is 13.8 Å². The minimum Gasteiger partial charge on any atom is -0.504 e. The zero-order chi connectivity index (χ0) is 40.3. The highest BCUT2D eigenvalue weighted by atomic mass is 16.7. The maximum atomic E-state index is 14.0. The fraction of sp³-hybridized carbons (Fsp3) is 0.878. The monoisotopic (exact) mass is 780 g/mol. The van der Waals surface area contributed by atoms with Gasteiger partial charge in [-0.1, -0.05) is 41.5 Å². The molecule has 2 aliphatic heterocycles. The SMILES string of the molecule is CC[C@@H](C(=O)C[C@@H](C)C1=C(O)C(=O)[C@@H]2[C@@H]3CC[C@H]4C[C@@H](O[C@@H]5O[C@H](C(=O)OC)[C@@H](O)[C@H](O[C@@H]6OC[C@@H](O)[C@H](O)[C@H]6O)[C@H]5O)CC[C@]4(C)[C@H]3CC[C@]12C)C(C)C. The van der Waals surface area contributed by atoms with E-state index in [0.29, 0.717) is 19.3 Å². The summed E-state index contributed by atoms with van der Waals surface area (Å²) in [7, 11) is 1.13. The third kappa shape index (κ3) is 7.46. The Morgan fingerprint density at radius 2 is 1.62 bits per heavy atom. The molecule has 0 amide bonds. The number of ether oxygens (including phenoxy) is 5. The molecule has 14 heteroatoms. The van der Waals surface area contributed by atoms with Gasteiger partial charge in [0.2, 0.25) is 5.78 Å². The Morgan fingerprint density at radius 3 is 2.27 bits per heavy atom. The minimum atomic E-state index is -1.74. The van der Waals surface area contributed by atoms with Crippen LogP contribution in [0.25, 0.3) is 0 Å². The highest BCUT2D eigenvalue weighted by Crippen LogP contribution is 2.67. The highest BCUT2D eigenvalue weighted by molar-refractivity contribution is 6.00. The third-order valence-electron chi connectivity index (χ3n) is 14.9. The second-order valence-corrected chi connectivity index (χ2v) is 18.3. The van der Waals surface area contributed by atoms with Gasteiger partial charge in [0.25, 0.3) is 0 Å². The van der Waals surface area contributed by atoms with Gasteiger partial charge in [-0.2, -0.15) is 0 Å². The molecule has 6 aliphatic rings. The highest BCUT2D eigenvalue weighted by Gasteiger charge is 2.64. The lowest BCUT2D eigenvalue weighted by Crippen LogP contribution is -2.64. The third-order valence-corrected chi connectivity index (χ3v) is 14.9. The molecule has 4 aliphatic carbocycles. The van der Waals surface area contributed by atoms with Crippen LogP contribution < -0.4 is 0 Å². The number of aliphatic hydroxyl groups is 6. The first-order valence-electron chi connectivity index (χ1n) is 20.5. The van der Waals surface area contributed by atoms with Crippen LogP contribution in [0.4, 0.5) is 0 Å². The summed E-state index contributed by atoms with van der Waals surface area (Å²) in [4.78, 5) is 40.1. The van der Waals surface area contributed by atoms with E-state index in [2.05, 4.69) is 27.7 Å². The van der Waals surface area contributed by atoms with Crippen molar-refractivity contribution in [2.75, 3.05) is 13.7 Å². The number of carbonyl (C=O) groups excluding carboxylic acids is 3. The Kier molecular flexibility index (Phi) is 12.6. The van der Waals surface area contributed by atoms with E-state index in [4.69, 9.17) is 23.7 Å². The largest absolute Gasteiger partial charge is 0.504 e. The number of ketones is 2. The zero-order valence-electron chi connectivity index (χ0n) is 33.3. The van der Waals surface area contributed by atoms with Crippen molar-refractivity contribution in [1.29, 1.82) is 0 Å². The van der Waals surface area contributed by atoms with E-state index in [1.54, 1.807) is 0 Å². The van der Waals surface area contributed by atoms with Gasteiger partial charge in [-0.3, -0.25) is 9.59 Å². The normalized spacial score (nSPS) is 45.7. The molecule has 5 fully saturated rings. The Bertz CT molecular complexity index is 1470. The predicted octanol–water partition coefficient (Wildman–Crippen LogP) is 2.74. The van der Waals surface area contributed by atoms with Gasteiger partial charge in [-0.15, -0.1) is 0 Å². The molecule has 0 aromatic carbocycles. The Morgan fingerprint density at radius 1 is 0.909 bits per heavy atom. The van der Waals surface area contributed by atoms with Crippen LogP contribution >= 0.6 is 0 Å². The number of Topliss-reactive ketones (excluding diaryl/α,β-unsaturated/α-hetero) is 2. The summed E-state index contributed by atoms with van der Waals surface area (Å²) >= 11 is 0. The Labute approximate surface area is 323 Å². The molecular formula is C41H64O14. The van der Waals surface area contributed by atoms with Crippen LogP contribution in [-0.2, 0) is 38.1 Å². The van der Waals surface area contributed by atoms with Gasteiger partial charge in [-0.05, 0) is 91.9 Å². The average Bonchev–Trinajstić information content (AvgIpc) is 3.34. The molecule has 312 valence electrons. The molecule has 6 N–H and O–H groups in total. The van der Waals surface area contributed by atoms with Gasteiger partial charge in [0, 0.05) is 23.7 Å². The van der Waals surface area contributed by atoms with E-state index in [1.165, 1.54) is 0 Å². The minimum absolute atomic E-state index is 0.0458. The summed E-state index contributed by atoms with van der Waals surface area (Å²) in [5, 5.41) is 64.3. The molecule has 0 aromatic rings. The molecule has 14 nitrogen and oxygen atoms in total. The van der Waals surface area contributed by atoms with Crippen molar-refractivity contribution in [3.05, 3.63) is 11.3 Å². The average molecular weight is 781 g/mol. The molecule has 18 atom stereocenters. The van der Waals surface area contributed by atoms with Crippen molar-refractivity contribution < 1.29 is 68.7 Å². The van der Waals surface area contributed by atoms with Crippen LogP contribution in [-0.4, -0.2) is 123 Å². The van der Waals surface area contributed by atoms with Crippen molar-refractivity contribution in [3.63, 3.8) is 0 Å².